The van der Waals surface area contributed by atoms with Gasteiger partial charge in [0.2, 0.25) is 17.7 Å². The van der Waals surface area contributed by atoms with E-state index in [0.717, 1.165) is 30.9 Å². The van der Waals surface area contributed by atoms with Gasteiger partial charge >= 0.3 is 0 Å². The molecule has 3 N–H and O–H groups in total. The highest BCUT2D eigenvalue weighted by Gasteiger charge is 2.74. The Balaban J connectivity index is 1.39. The summed E-state index contributed by atoms with van der Waals surface area (Å²) in [5.74, 6) is -1.20. The average molecular weight is 581 g/mol. The number of likely N-dealkylation sites (tertiary alicyclic amines) is 1. The Labute approximate surface area is 246 Å². The molecule has 2 aromatic rings. The van der Waals surface area contributed by atoms with Gasteiger partial charge in [0.05, 0.1) is 35.8 Å². The monoisotopic (exact) mass is 580 g/mol. The first-order valence-electron chi connectivity index (χ1n) is 14.6. The molecule has 2 unspecified atom stereocenters. The zero-order valence-corrected chi connectivity index (χ0v) is 24.9. The van der Waals surface area contributed by atoms with Crippen molar-refractivity contribution in [1.82, 2.24) is 4.90 Å². The number of carbonyl (C=O) groups excluding carboxylic acids is 3. The van der Waals surface area contributed by atoms with Gasteiger partial charge in [0.1, 0.15) is 11.8 Å². The van der Waals surface area contributed by atoms with Crippen LogP contribution in [0.3, 0.4) is 0 Å². The van der Waals surface area contributed by atoms with E-state index in [9.17, 15) is 19.5 Å². The Morgan fingerprint density at radius 2 is 1.66 bits per heavy atom. The third-order valence-corrected chi connectivity index (χ3v) is 10.7. The minimum atomic E-state index is -0.789. The normalized spacial score (nSPS) is 27.0. The van der Waals surface area contributed by atoms with Crippen molar-refractivity contribution in [3.05, 3.63) is 48.5 Å². The van der Waals surface area contributed by atoms with Crippen molar-refractivity contribution in [2.24, 2.45) is 11.8 Å². The smallest absolute Gasteiger partial charge is 0.248 e. The van der Waals surface area contributed by atoms with Crippen LogP contribution in [0.2, 0.25) is 0 Å². The van der Waals surface area contributed by atoms with Gasteiger partial charge in [-0.3, -0.25) is 14.4 Å². The van der Waals surface area contributed by atoms with Crippen molar-refractivity contribution in [2.45, 2.75) is 62.6 Å². The standard InChI is InChI=1S/C31H40N4O5S/c1-5-34(6-2)22-12-8-20(9-13-22)33-29(38)27-31-17-16-24(41-31)25(26(31)30(39)35(27)19(4)18-36)28(37)32-21-10-14-23(15-11-21)40-7-3/h8-15,19,24-27,36H,5-7,16-18H2,1-4H3,(H,32,37)(H,33,38)/t19-,24+,25-,26+,27?,31?/m1/s1. The van der Waals surface area contributed by atoms with E-state index in [1.807, 2.05) is 31.2 Å². The van der Waals surface area contributed by atoms with Crippen LogP contribution in [-0.2, 0) is 14.4 Å². The molecule has 3 aliphatic heterocycles. The van der Waals surface area contributed by atoms with Crippen molar-refractivity contribution in [2.75, 3.05) is 41.8 Å². The molecule has 3 aliphatic rings. The van der Waals surface area contributed by atoms with E-state index in [-0.39, 0.29) is 29.6 Å². The van der Waals surface area contributed by atoms with Gasteiger partial charge in [-0.05, 0) is 89.1 Å². The first-order valence-corrected chi connectivity index (χ1v) is 15.5. The molecule has 41 heavy (non-hydrogen) atoms. The van der Waals surface area contributed by atoms with Crippen LogP contribution in [0.1, 0.15) is 40.5 Å². The highest BCUT2D eigenvalue weighted by Crippen LogP contribution is 2.66. The summed E-state index contributed by atoms with van der Waals surface area (Å²) < 4.78 is 4.77. The summed E-state index contributed by atoms with van der Waals surface area (Å²) in [6.07, 6.45) is 1.42. The van der Waals surface area contributed by atoms with E-state index >= 15 is 0 Å². The lowest BCUT2D eigenvalue weighted by molar-refractivity contribution is -0.140. The fourth-order valence-electron chi connectivity index (χ4n) is 6.83. The molecular formula is C31H40N4O5S. The van der Waals surface area contributed by atoms with Crippen molar-refractivity contribution >= 4 is 46.5 Å². The molecule has 10 heteroatoms. The number of anilines is 3. The number of hydrogen-bond donors (Lipinski definition) is 3. The number of benzene rings is 2. The molecule has 3 fully saturated rings. The van der Waals surface area contributed by atoms with E-state index in [4.69, 9.17) is 4.74 Å². The second kappa shape index (κ2) is 11.9. The fraction of sp³-hybridized carbons (Fsp3) is 0.516. The van der Waals surface area contributed by atoms with E-state index < -0.39 is 28.7 Å². The van der Waals surface area contributed by atoms with Crippen LogP contribution >= 0.6 is 11.8 Å². The summed E-state index contributed by atoms with van der Waals surface area (Å²) in [6, 6.07) is 13.6. The molecule has 2 aromatic carbocycles. The number of aliphatic hydroxyl groups excluding tert-OH is 1. The van der Waals surface area contributed by atoms with E-state index in [0.29, 0.717) is 24.4 Å². The second-order valence-corrected chi connectivity index (χ2v) is 12.6. The third-order valence-electron chi connectivity index (χ3n) is 8.72. The number of fused-ring (bicyclic) bond motifs is 1. The minimum absolute atomic E-state index is 0.0538. The van der Waals surface area contributed by atoms with E-state index in [1.165, 1.54) is 4.90 Å². The van der Waals surface area contributed by atoms with Gasteiger partial charge in [0.25, 0.3) is 0 Å². The number of hydrogen-bond acceptors (Lipinski definition) is 7. The first kappa shape index (κ1) is 29.3. The Hall–Kier alpha value is -3.24. The zero-order chi connectivity index (χ0) is 29.3. The summed E-state index contributed by atoms with van der Waals surface area (Å²) >= 11 is 1.61. The van der Waals surface area contributed by atoms with Crippen molar-refractivity contribution in [3.8, 4) is 5.75 Å². The molecule has 3 amide bonds. The highest BCUT2D eigenvalue weighted by atomic mass is 32.2. The summed E-state index contributed by atoms with van der Waals surface area (Å²) in [7, 11) is 0. The van der Waals surface area contributed by atoms with E-state index in [2.05, 4.69) is 29.4 Å². The largest absolute Gasteiger partial charge is 0.494 e. The quantitative estimate of drug-likeness (QED) is 0.369. The minimum Gasteiger partial charge on any atom is -0.494 e. The van der Waals surface area contributed by atoms with Crippen LogP contribution in [0.5, 0.6) is 5.75 Å². The topological polar surface area (TPSA) is 111 Å². The first-order chi connectivity index (χ1) is 19.8. The molecule has 0 aromatic heterocycles. The number of rotatable bonds is 11. The number of aliphatic hydroxyl groups is 1. The van der Waals surface area contributed by atoms with Gasteiger partial charge in [-0.25, -0.2) is 0 Å². The van der Waals surface area contributed by atoms with Crippen LogP contribution in [0.25, 0.3) is 0 Å². The van der Waals surface area contributed by atoms with Gasteiger partial charge < -0.3 is 30.3 Å². The Morgan fingerprint density at radius 3 is 2.24 bits per heavy atom. The van der Waals surface area contributed by atoms with Gasteiger partial charge in [0, 0.05) is 35.4 Å². The maximum absolute atomic E-state index is 14.0. The van der Waals surface area contributed by atoms with Gasteiger partial charge in [-0.1, -0.05) is 0 Å². The maximum atomic E-state index is 14.0. The van der Waals surface area contributed by atoms with Crippen LogP contribution < -0.4 is 20.3 Å². The summed E-state index contributed by atoms with van der Waals surface area (Å²) in [5.41, 5.74) is 2.36. The van der Waals surface area contributed by atoms with Crippen molar-refractivity contribution in [1.29, 1.82) is 0 Å². The lowest BCUT2D eigenvalue weighted by atomic mass is 9.70. The second-order valence-electron chi connectivity index (χ2n) is 11.0. The van der Waals surface area contributed by atoms with Crippen molar-refractivity contribution < 1.29 is 24.2 Å². The van der Waals surface area contributed by atoms with Crippen LogP contribution in [0, 0.1) is 11.8 Å². The molecule has 9 nitrogen and oxygen atoms in total. The molecule has 3 heterocycles. The highest BCUT2D eigenvalue weighted by molar-refractivity contribution is 8.02. The predicted molar refractivity (Wildman–Crippen MR) is 162 cm³/mol. The SMILES string of the molecule is CCOc1ccc(NC(=O)[C@@H]2[C@@H]3CCC4(S3)C(C(=O)Nc3ccc(N(CC)CC)cc3)N([C@H](C)CO)C(=O)[C@H]24)cc1. The van der Waals surface area contributed by atoms with Crippen molar-refractivity contribution in [3.63, 3.8) is 0 Å². The van der Waals surface area contributed by atoms with Crippen LogP contribution in [-0.4, -0.2) is 76.1 Å². The fourth-order valence-corrected chi connectivity index (χ4v) is 9.04. The number of thioether (sulfide) groups is 1. The van der Waals surface area contributed by atoms with Gasteiger partial charge in [0.15, 0.2) is 0 Å². The number of carbonyl (C=O) groups is 3. The van der Waals surface area contributed by atoms with E-state index in [1.54, 1.807) is 43.0 Å². The molecule has 3 saturated heterocycles. The molecule has 0 saturated carbocycles. The Kier molecular flexibility index (Phi) is 8.52. The number of nitrogens with zero attached hydrogens (tertiary/aromatic N) is 2. The number of nitrogens with one attached hydrogen (secondary N) is 2. The molecule has 5 rings (SSSR count). The Bertz CT molecular complexity index is 1270. The lowest BCUT2D eigenvalue weighted by Crippen LogP contribution is -2.54. The zero-order valence-electron chi connectivity index (χ0n) is 24.1. The molecular weight excluding hydrogens is 540 g/mol. The number of ether oxygens (including phenoxy) is 1. The molecule has 1 spiro atoms. The third kappa shape index (κ3) is 5.16. The van der Waals surface area contributed by atoms with Crippen LogP contribution in [0.4, 0.5) is 17.1 Å². The average Bonchev–Trinajstić information content (AvgIpc) is 3.62. The lowest BCUT2D eigenvalue weighted by Gasteiger charge is -2.36. The maximum Gasteiger partial charge on any atom is 0.248 e. The number of amides is 3. The van der Waals surface area contributed by atoms with Gasteiger partial charge in [-0.2, -0.15) is 0 Å². The summed E-state index contributed by atoms with van der Waals surface area (Å²) in [5, 5.41) is 16.1. The predicted octanol–water partition coefficient (Wildman–Crippen LogP) is 3.98. The summed E-state index contributed by atoms with van der Waals surface area (Å²) in [6.45, 7) is 9.92. The molecule has 220 valence electrons. The molecule has 2 bridgehead atoms. The van der Waals surface area contributed by atoms with Crippen LogP contribution in [0.15, 0.2) is 48.5 Å². The molecule has 0 aliphatic carbocycles. The Morgan fingerprint density at radius 1 is 1.05 bits per heavy atom. The van der Waals surface area contributed by atoms with Gasteiger partial charge in [-0.15, -0.1) is 11.8 Å². The summed E-state index contributed by atoms with van der Waals surface area (Å²) in [4.78, 5) is 45.4. The molecule has 0 radical (unpaired) electrons. The molecule has 6 atom stereocenters.